The number of carbonyl (C=O) groups excluding carboxylic acids is 2. The number of methoxy groups -OCH3 is 1. The highest BCUT2D eigenvalue weighted by atomic mass is 32.2. The first-order chi connectivity index (χ1) is 15.4. The highest BCUT2D eigenvalue weighted by Crippen LogP contribution is 2.38. The largest absolute Gasteiger partial charge is 0.497 e. The number of ether oxygens (including phenoxy) is 1. The predicted molar refractivity (Wildman–Crippen MR) is 126 cm³/mol. The molecule has 32 heavy (non-hydrogen) atoms. The Morgan fingerprint density at radius 1 is 1.16 bits per heavy atom. The van der Waals surface area contributed by atoms with Gasteiger partial charge in [0.2, 0.25) is 5.91 Å². The van der Waals surface area contributed by atoms with Crippen molar-refractivity contribution in [2.24, 2.45) is 11.8 Å². The van der Waals surface area contributed by atoms with E-state index in [4.69, 9.17) is 4.74 Å². The molecule has 7 nitrogen and oxygen atoms in total. The quantitative estimate of drug-likeness (QED) is 0.582. The Bertz CT molecular complexity index is 1070. The first-order valence-corrected chi connectivity index (χ1v) is 14.1. The molecular weight excluding hydrogens is 468 g/mol. The molecule has 2 fully saturated rings. The maximum Gasteiger partial charge on any atom is 0.264 e. The van der Waals surface area contributed by atoms with Gasteiger partial charge in [0.05, 0.1) is 22.9 Å². The summed E-state index contributed by atoms with van der Waals surface area (Å²) < 4.78 is 32.6. The van der Waals surface area contributed by atoms with Crippen LogP contribution in [0.5, 0.6) is 5.75 Å². The number of benzene rings is 1. The number of rotatable bonds is 8. The van der Waals surface area contributed by atoms with Crippen LogP contribution in [0.2, 0.25) is 0 Å². The van der Waals surface area contributed by atoms with Crippen molar-refractivity contribution in [1.29, 1.82) is 0 Å². The van der Waals surface area contributed by atoms with Crippen LogP contribution in [0.1, 0.15) is 47.0 Å². The summed E-state index contributed by atoms with van der Waals surface area (Å²) in [6.07, 6.45) is 3.88. The van der Waals surface area contributed by atoms with Crippen LogP contribution in [0, 0.1) is 11.8 Å². The molecule has 1 saturated carbocycles. The van der Waals surface area contributed by atoms with Crippen molar-refractivity contribution in [3.8, 4) is 5.75 Å². The van der Waals surface area contributed by atoms with Crippen LogP contribution in [-0.4, -0.2) is 38.8 Å². The van der Waals surface area contributed by atoms with E-state index in [1.165, 1.54) is 11.4 Å². The lowest BCUT2D eigenvalue weighted by atomic mass is 9.77. The fourth-order valence-electron chi connectivity index (χ4n) is 3.86. The molecule has 0 bridgehead atoms. The van der Waals surface area contributed by atoms with Gasteiger partial charge in [-0.25, -0.2) is 13.1 Å². The third kappa shape index (κ3) is 5.13. The molecule has 1 aliphatic heterocycles. The number of hydrogen-bond acceptors (Lipinski definition) is 7. The average Bonchev–Trinajstić information content (AvgIpc) is 3.44. The molecule has 1 aliphatic carbocycles. The molecule has 2 atom stereocenters. The van der Waals surface area contributed by atoms with Gasteiger partial charge in [-0.1, -0.05) is 18.6 Å². The molecule has 0 spiro atoms. The summed E-state index contributed by atoms with van der Waals surface area (Å²) in [5.74, 6) is 1.50. The van der Waals surface area contributed by atoms with E-state index in [0.29, 0.717) is 23.0 Å². The van der Waals surface area contributed by atoms with Gasteiger partial charge in [-0.15, -0.1) is 11.3 Å². The maximum absolute atomic E-state index is 13.0. The van der Waals surface area contributed by atoms with Crippen molar-refractivity contribution >= 4 is 44.9 Å². The van der Waals surface area contributed by atoms with Gasteiger partial charge in [-0.2, -0.15) is 11.8 Å². The highest BCUT2D eigenvalue weighted by Gasteiger charge is 2.31. The van der Waals surface area contributed by atoms with E-state index >= 15 is 0 Å². The molecule has 2 aliphatic rings. The Kier molecular flexibility index (Phi) is 7.11. The standard InChI is InChI=1S/C22H26N2O5S3/c1-29-17-7-5-15(6-8-17)20(14-3-2-4-14)23-22(26)19-11-18(13-31-19)32(27,28)24-21(25)16-9-10-30-12-16/h5-8,11,13-14,16,20H,2-4,9-10,12H2,1H3,(H,23,26)(H,24,25). The normalized spacial score (nSPS) is 19.7. The number of thiophene rings is 1. The second-order valence-electron chi connectivity index (χ2n) is 8.09. The minimum absolute atomic E-state index is 0.0590. The first-order valence-electron chi connectivity index (χ1n) is 10.5. The molecule has 10 heteroatoms. The van der Waals surface area contributed by atoms with Gasteiger partial charge in [0.1, 0.15) is 5.75 Å². The van der Waals surface area contributed by atoms with E-state index in [0.717, 1.165) is 47.7 Å². The number of hydrogen-bond donors (Lipinski definition) is 2. The Balaban J connectivity index is 1.46. The van der Waals surface area contributed by atoms with Crippen molar-refractivity contribution in [2.45, 2.75) is 36.6 Å². The van der Waals surface area contributed by atoms with E-state index in [2.05, 4.69) is 10.0 Å². The lowest BCUT2D eigenvalue weighted by Gasteiger charge is -2.34. The molecule has 1 saturated heterocycles. The van der Waals surface area contributed by atoms with Gasteiger partial charge in [0, 0.05) is 17.1 Å². The maximum atomic E-state index is 13.0. The summed E-state index contributed by atoms with van der Waals surface area (Å²) in [6.45, 7) is 0. The summed E-state index contributed by atoms with van der Waals surface area (Å²) in [4.78, 5) is 25.4. The Morgan fingerprint density at radius 2 is 1.91 bits per heavy atom. The number of nitrogens with one attached hydrogen (secondary N) is 2. The minimum Gasteiger partial charge on any atom is -0.497 e. The topological polar surface area (TPSA) is 102 Å². The SMILES string of the molecule is COc1ccc(C(NC(=O)c2cc(S(=O)(=O)NC(=O)C3CCSC3)cs2)C2CCC2)cc1. The first kappa shape index (κ1) is 23.1. The molecular formula is C22H26N2O5S3. The molecule has 0 radical (unpaired) electrons. The van der Waals surface area contributed by atoms with E-state index in [1.807, 2.05) is 24.3 Å². The third-order valence-electron chi connectivity index (χ3n) is 6.03. The molecule has 2 unspecified atom stereocenters. The number of carbonyl (C=O) groups is 2. The van der Waals surface area contributed by atoms with Gasteiger partial charge in [0.15, 0.2) is 0 Å². The van der Waals surface area contributed by atoms with Crippen LogP contribution >= 0.6 is 23.1 Å². The molecule has 4 rings (SSSR count). The van der Waals surface area contributed by atoms with E-state index in [1.54, 1.807) is 18.9 Å². The van der Waals surface area contributed by atoms with Crippen LogP contribution in [-0.2, 0) is 14.8 Å². The summed E-state index contributed by atoms with van der Waals surface area (Å²) in [5, 5.41) is 4.49. The van der Waals surface area contributed by atoms with Gasteiger partial charge in [-0.05, 0) is 54.7 Å². The molecule has 2 N–H and O–H groups in total. The van der Waals surface area contributed by atoms with Gasteiger partial charge < -0.3 is 10.1 Å². The number of thioether (sulfide) groups is 1. The predicted octanol–water partition coefficient (Wildman–Crippen LogP) is 3.59. The third-order valence-corrected chi connectivity index (χ3v) is 9.59. The zero-order valence-electron chi connectivity index (χ0n) is 17.7. The zero-order chi connectivity index (χ0) is 22.7. The van der Waals surface area contributed by atoms with Crippen LogP contribution in [0.3, 0.4) is 0 Å². The molecule has 2 aromatic rings. The monoisotopic (exact) mass is 494 g/mol. The second kappa shape index (κ2) is 9.84. The van der Waals surface area contributed by atoms with Crippen molar-refractivity contribution in [3.05, 3.63) is 46.2 Å². The summed E-state index contributed by atoms with van der Waals surface area (Å²) in [7, 11) is -2.39. The number of sulfonamides is 1. The van der Waals surface area contributed by atoms with Crippen molar-refractivity contribution < 1.29 is 22.7 Å². The fourth-order valence-corrected chi connectivity index (χ4v) is 7.31. The lowest BCUT2D eigenvalue weighted by Crippen LogP contribution is -2.36. The van der Waals surface area contributed by atoms with E-state index < -0.39 is 15.9 Å². The molecule has 1 aromatic heterocycles. The summed E-state index contributed by atoms with van der Waals surface area (Å²) in [5.41, 5.74) is 0.995. The summed E-state index contributed by atoms with van der Waals surface area (Å²) in [6, 6.07) is 8.82. The molecule has 1 aromatic carbocycles. The Hall–Kier alpha value is -2.04. The van der Waals surface area contributed by atoms with Gasteiger partial charge in [0.25, 0.3) is 15.9 Å². The van der Waals surface area contributed by atoms with Crippen molar-refractivity contribution in [3.63, 3.8) is 0 Å². The highest BCUT2D eigenvalue weighted by molar-refractivity contribution is 7.99. The van der Waals surface area contributed by atoms with Crippen molar-refractivity contribution in [1.82, 2.24) is 10.0 Å². The lowest BCUT2D eigenvalue weighted by molar-refractivity contribution is -0.122. The number of amides is 2. The van der Waals surface area contributed by atoms with E-state index in [-0.39, 0.29) is 22.8 Å². The average molecular weight is 495 g/mol. The van der Waals surface area contributed by atoms with Crippen LogP contribution in [0.25, 0.3) is 0 Å². The Morgan fingerprint density at radius 3 is 2.50 bits per heavy atom. The van der Waals surface area contributed by atoms with Gasteiger partial charge in [-0.3, -0.25) is 9.59 Å². The molecule has 2 amide bonds. The van der Waals surface area contributed by atoms with Gasteiger partial charge >= 0.3 is 0 Å². The van der Waals surface area contributed by atoms with Crippen LogP contribution in [0.4, 0.5) is 0 Å². The second-order valence-corrected chi connectivity index (χ2v) is 11.8. The molecule has 172 valence electrons. The molecule has 2 heterocycles. The zero-order valence-corrected chi connectivity index (χ0v) is 20.2. The summed E-state index contributed by atoms with van der Waals surface area (Å²) >= 11 is 2.70. The minimum atomic E-state index is -4.00. The van der Waals surface area contributed by atoms with E-state index in [9.17, 15) is 18.0 Å². The fraction of sp³-hybridized carbons (Fsp3) is 0.455. The van der Waals surface area contributed by atoms with Crippen LogP contribution in [0.15, 0.2) is 40.6 Å². The Labute approximate surface area is 196 Å². The smallest absolute Gasteiger partial charge is 0.264 e. The van der Waals surface area contributed by atoms with Crippen molar-refractivity contribution in [2.75, 3.05) is 18.6 Å². The van der Waals surface area contributed by atoms with Crippen LogP contribution < -0.4 is 14.8 Å².